The summed E-state index contributed by atoms with van der Waals surface area (Å²) < 4.78 is 0. The number of aliphatic hydroxyl groups is 1. The highest BCUT2D eigenvalue weighted by molar-refractivity contribution is 6.31. The molecule has 3 rings (SSSR count). The summed E-state index contributed by atoms with van der Waals surface area (Å²) in [5, 5.41) is 13.5. The zero-order valence-corrected chi connectivity index (χ0v) is 11.9. The van der Waals surface area contributed by atoms with E-state index in [1.165, 1.54) is 25.7 Å². The van der Waals surface area contributed by atoms with E-state index in [4.69, 9.17) is 16.7 Å². The van der Waals surface area contributed by atoms with Crippen LogP contribution in [0.3, 0.4) is 0 Å². The van der Waals surface area contributed by atoms with Crippen LogP contribution >= 0.6 is 11.6 Å². The lowest BCUT2D eigenvalue weighted by Crippen LogP contribution is -2.28. The van der Waals surface area contributed by atoms with Gasteiger partial charge in [0.2, 0.25) is 0 Å². The van der Waals surface area contributed by atoms with Crippen molar-refractivity contribution in [3.63, 3.8) is 0 Å². The maximum atomic E-state index is 9.17. The van der Waals surface area contributed by atoms with Gasteiger partial charge in [-0.2, -0.15) is 0 Å². The molecule has 1 aromatic carbocycles. The highest BCUT2D eigenvalue weighted by atomic mass is 35.5. The molecule has 0 unspecified atom stereocenters. The quantitative estimate of drug-likeness (QED) is 0.806. The van der Waals surface area contributed by atoms with Gasteiger partial charge in [0.15, 0.2) is 0 Å². The minimum atomic E-state index is 0.194. The maximum absolute atomic E-state index is 9.17. The number of rotatable bonds is 7. The van der Waals surface area contributed by atoms with Gasteiger partial charge >= 0.3 is 0 Å². The fourth-order valence-electron chi connectivity index (χ4n) is 2.42. The van der Waals surface area contributed by atoms with E-state index in [1.807, 2.05) is 6.07 Å². The first-order valence-electron chi connectivity index (χ1n) is 7.17. The second-order valence-electron chi connectivity index (χ2n) is 5.58. The molecule has 0 heterocycles. The van der Waals surface area contributed by atoms with Gasteiger partial charge in [-0.25, -0.2) is 0 Å². The average molecular weight is 281 g/mol. The Kier molecular flexibility index (Phi) is 3.96. The molecule has 1 aromatic rings. The fraction of sp³-hybridized carbons (Fsp3) is 0.600. The van der Waals surface area contributed by atoms with Crippen LogP contribution < -0.4 is 10.2 Å². The van der Waals surface area contributed by atoms with Crippen molar-refractivity contribution in [2.24, 2.45) is 0 Å². The summed E-state index contributed by atoms with van der Waals surface area (Å²) >= 11 is 6.37. The standard InChI is InChI=1S/C15H21ClN2O/c16-15-9-14(18(7-8-19)13-5-6-13)4-1-11(15)10-17-12-2-3-12/h1,4,9,12-13,17,19H,2-3,5-8,10H2. The second kappa shape index (κ2) is 5.70. The Hall–Kier alpha value is -0.770. The van der Waals surface area contributed by atoms with Crippen molar-refractivity contribution in [2.45, 2.75) is 44.3 Å². The SMILES string of the molecule is OCCN(c1ccc(CNC2CC2)c(Cl)c1)C1CC1. The van der Waals surface area contributed by atoms with Gasteiger partial charge < -0.3 is 15.3 Å². The number of nitrogens with zero attached hydrogens (tertiary/aromatic N) is 1. The van der Waals surface area contributed by atoms with Crippen molar-refractivity contribution in [1.29, 1.82) is 0 Å². The molecule has 3 nitrogen and oxygen atoms in total. The van der Waals surface area contributed by atoms with E-state index in [9.17, 15) is 0 Å². The van der Waals surface area contributed by atoms with E-state index in [-0.39, 0.29) is 6.61 Å². The van der Waals surface area contributed by atoms with E-state index in [1.54, 1.807) is 0 Å². The predicted molar refractivity (Wildman–Crippen MR) is 78.8 cm³/mol. The lowest BCUT2D eigenvalue weighted by atomic mass is 10.2. The third-order valence-electron chi connectivity index (χ3n) is 3.86. The molecule has 2 N–H and O–H groups in total. The van der Waals surface area contributed by atoms with Gasteiger partial charge in [-0.3, -0.25) is 0 Å². The Bertz CT molecular complexity index is 444. The first-order chi connectivity index (χ1) is 9.28. The molecule has 2 aliphatic carbocycles. The highest BCUT2D eigenvalue weighted by Gasteiger charge is 2.29. The smallest absolute Gasteiger partial charge is 0.0606 e. The van der Waals surface area contributed by atoms with Gasteiger partial charge in [0.05, 0.1) is 6.61 Å². The van der Waals surface area contributed by atoms with Gasteiger partial charge in [-0.1, -0.05) is 17.7 Å². The summed E-state index contributed by atoms with van der Waals surface area (Å²) in [4.78, 5) is 2.27. The molecule has 0 saturated heterocycles. The third-order valence-corrected chi connectivity index (χ3v) is 4.21. The van der Waals surface area contributed by atoms with E-state index < -0.39 is 0 Å². The van der Waals surface area contributed by atoms with E-state index in [2.05, 4.69) is 22.3 Å². The second-order valence-corrected chi connectivity index (χ2v) is 5.99. The largest absolute Gasteiger partial charge is 0.395 e. The Morgan fingerprint density at radius 1 is 1.26 bits per heavy atom. The summed E-state index contributed by atoms with van der Waals surface area (Å²) in [6.07, 6.45) is 5.04. The lowest BCUT2D eigenvalue weighted by Gasteiger charge is -2.24. The average Bonchev–Trinajstić information content (AvgIpc) is 3.28. The van der Waals surface area contributed by atoms with Crippen molar-refractivity contribution < 1.29 is 5.11 Å². The number of anilines is 1. The summed E-state index contributed by atoms with van der Waals surface area (Å²) in [5.41, 5.74) is 2.30. The number of hydrogen-bond donors (Lipinski definition) is 2. The van der Waals surface area contributed by atoms with E-state index in [0.29, 0.717) is 18.6 Å². The molecule has 19 heavy (non-hydrogen) atoms. The summed E-state index contributed by atoms with van der Waals surface area (Å²) in [5.74, 6) is 0. The van der Waals surface area contributed by atoms with Crippen molar-refractivity contribution >= 4 is 17.3 Å². The molecule has 0 atom stereocenters. The molecule has 0 radical (unpaired) electrons. The number of halogens is 1. The van der Waals surface area contributed by atoms with E-state index in [0.717, 1.165) is 22.8 Å². The summed E-state index contributed by atoms with van der Waals surface area (Å²) in [6, 6.07) is 7.58. The van der Waals surface area contributed by atoms with Crippen LogP contribution in [0.4, 0.5) is 5.69 Å². The van der Waals surface area contributed by atoms with Gasteiger partial charge in [-0.05, 0) is 43.4 Å². The first kappa shape index (κ1) is 13.2. The molecule has 2 saturated carbocycles. The number of aliphatic hydroxyl groups excluding tert-OH is 1. The molecule has 0 spiro atoms. The fourth-order valence-corrected chi connectivity index (χ4v) is 2.66. The predicted octanol–water partition coefficient (Wildman–Crippen LogP) is 2.55. The van der Waals surface area contributed by atoms with Crippen LogP contribution in [0.15, 0.2) is 18.2 Å². The van der Waals surface area contributed by atoms with Gasteiger partial charge in [0.25, 0.3) is 0 Å². The first-order valence-corrected chi connectivity index (χ1v) is 7.55. The van der Waals surface area contributed by atoms with E-state index >= 15 is 0 Å². The minimum Gasteiger partial charge on any atom is -0.395 e. The van der Waals surface area contributed by atoms with Crippen molar-refractivity contribution in [3.05, 3.63) is 28.8 Å². The summed E-state index contributed by atoms with van der Waals surface area (Å²) in [6.45, 7) is 1.74. The summed E-state index contributed by atoms with van der Waals surface area (Å²) in [7, 11) is 0. The van der Waals surface area contributed by atoms with Crippen LogP contribution in [0.1, 0.15) is 31.2 Å². The van der Waals surface area contributed by atoms with Crippen molar-refractivity contribution in [2.75, 3.05) is 18.1 Å². The number of benzene rings is 1. The monoisotopic (exact) mass is 280 g/mol. The number of hydrogen-bond acceptors (Lipinski definition) is 3. The number of nitrogens with one attached hydrogen (secondary N) is 1. The van der Waals surface area contributed by atoms with Gasteiger partial charge in [0, 0.05) is 35.9 Å². The van der Waals surface area contributed by atoms with Crippen LogP contribution in [0, 0.1) is 0 Å². The Morgan fingerprint density at radius 3 is 2.63 bits per heavy atom. The molecule has 0 aromatic heterocycles. The Balaban J connectivity index is 1.69. The minimum absolute atomic E-state index is 0.194. The van der Waals surface area contributed by atoms with Crippen LogP contribution in [-0.4, -0.2) is 30.3 Å². The molecule has 0 bridgehead atoms. The van der Waals surface area contributed by atoms with Crippen LogP contribution in [0.5, 0.6) is 0 Å². The molecule has 0 aliphatic heterocycles. The van der Waals surface area contributed by atoms with Crippen LogP contribution in [0.2, 0.25) is 5.02 Å². The van der Waals surface area contributed by atoms with Crippen molar-refractivity contribution in [3.8, 4) is 0 Å². The zero-order valence-electron chi connectivity index (χ0n) is 11.1. The third kappa shape index (κ3) is 3.41. The molecular weight excluding hydrogens is 260 g/mol. The molecule has 0 amide bonds. The molecule has 2 aliphatic rings. The van der Waals surface area contributed by atoms with Crippen LogP contribution in [-0.2, 0) is 6.54 Å². The molecular formula is C15H21ClN2O. The topological polar surface area (TPSA) is 35.5 Å². The maximum Gasteiger partial charge on any atom is 0.0606 e. The Labute approximate surface area is 119 Å². The molecule has 4 heteroatoms. The molecule has 104 valence electrons. The Morgan fingerprint density at radius 2 is 2.05 bits per heavy atom. The van der Waals surface area contributed by atoms with Gasteiger partial charge in [-0.15, -0.1) is 0 Å². The lowest BCUT2D eigenvalue weighted by molar-refractivity contribution is 0.301. The highest BCUT2D eigenvalue weighted by Crippen LogP contribution is 2.33. The zero-order chi connectivity index (χ0) is 13.2. The molecule has 2 fully saturated rings. The van der Waals surface area contributed by atoms with Gasteiger partial charge in [0.1, 0.15) is 0 Å². The normalized spacial score (nSPS) is 18.6. The van der Waals surface area contributed by atoms with Crippen LogP contribution in [0.25, 0.3) is 0 Å². The van der Waals surface area contributed by atoms with Crippen molar-refractivity contribution in [1.82, 2.24) is 5.32 Å².